The average Bonchev–Trinajstić information content (AvgIpc) is 3.01. The van der Waals surface area contributed by atoms with Crippen LogP contribution in [0.1, 0.15) is 22.8 Å². The van der Waals surface area contributed by atoms with Crippen LogP contribution in [0, 0.1) is 0 Å². The van der Waals surface area contributed by atoms with Crippen LogP contribution in [0.5, 0.6) is 0 Å². The molecule has 0 radical (unpaired) electrons. The summed E-state index contributed by atoms with van der Waals surface area (Å²) in [6.45, 7) is 6.92. The Hall–Kier alpha value is -2.82. The van der Waals surface area contributed by atoms with Crippen molar-refractivity contribution in [3.63, 3.8) is 0 Å². The van der Waals surface area contributed by atoms with Crippen LogP contribution in [0.4, 0.5) is 5.69 Å². The van der Waals surface area contributed by atoms with E-state index in [2.05, 4.69) is 23.4 Å². The number of nitrogens with zero attached hydrogens (tertiary/aromatic N) is 2. The molecule has 0 saturated heterocycles. The van der Waals surface area contributed by atoms with E-state index >= 15 is 0 Å². The molecule has 2 aromatic rings. The minimum Gasteiger partial charge on any atom is -0.354 e. The van der Waals surface area contributed by atoms with E-state index in [0.29, 0.717) is 17.8 Å². The van der Waals surface area contributed by atoms with Gasteiger partial charge < -0.3 is 14.8 Å². The standard InChI is InChI=1S/C18H21N3O2/c1-4-17(22)19-16-8-6-7-15(11-16)18(23)20(3)12-14-9-10-21(5-2)13-14/h4,6-11,13H,1,5,12H2,2-3H3,(H,19,22). The molecule has 0 bridgehead atoms. The van der Waals surface area contributed by atoms with E-state index in [4.69, 9.17) is 0 Å². The van der Waals surface area contributed by atoms with Crippen LogP contribution in [0.15, 0.2) is 55.4 Å². The zero-order chi connectivity index (χ0) is 16.8. The monoisotopic (exact) mass is 311 g/mol. The molecule has 0 unspecified atom stereocenters. The molecule has 1 aromatic heterocycles. The normalized spacial score (nSPS) is 10.2. The SMILES string of the molecule is C=CC(=O)Nc1cccc(C(=O)N(C)Cc2ccn(CC)c2)c1. The first kappa shape index (κ1) is 16.5. The molecule has 5 heteroatoms. The first-order chi connectivity index (χ1) is 11.0. The summed E-state index contributed by atoms with van der Waals surface area (Å²) in [5.41, 5.74) is 2.19. The van der Waals surface area contributed by atoms with Crippen molar-refractivity contribution in [2.24, 2.45) is 0 Å². The molecule has 1 N–H and O–H groups in total. The van der Waals surface area contributed by atoms with Gasteiger partial charge >= 0.3 is 0 Å². The lowest BCUT2D eigenvalue weighted by molar-refractivity contribution is -0.111. The molecule has 0 spiro atoms. The van der Waals surface area contributed by atoms with Gasteiger partial charge in [-0.05, 0) is 42.8 Å². The number of rotatable bonds is 6. The lowest BCUT2D eigenvalue weighted by Crippen LogP contribution is -2.26. The molecule has 0 saturated carbocycles. The first-order valence-electron chi connectivity index (χ1n) is 7.47. The van der Waals surface area contributed by atoms with Crippen molar-refractivity contribution in [2.45, 2.75) is 20.0 Å². The predicted octanol–water partition coefficient (Wildman–Crippen LogP) is 2.90. The third-order valence-electron chi connectivity index (χ3n) is 3.51. The number of amides is 2. The van der Waals surface area contributed by atoms with Crippen molar-refractivity contribution in [3.05, 3.63) is 66.5 Å². The van der Waals surface area contributed by atoms with Crippen LogP contribution in [0.2, 0.25) is 0 Å². The minimum absolute atomic E-state index is 0.0936. The van der Waals surface area contributed by atoms with E-state index < -0.39 is 0 Å². The van der Waals surface area contributed by atoms with Crippen molar-refractivity contribution in [2.75, 3.05) is 12.4 Å². The smallest absolute Gasteiger partial charge is 0.253 e. The summed E-state index contributed by atoms with van der Waals surface area (Å²) in [5.74, 6) is -0.396. The van der Waals surface area contributed by atoms with Gasteiger partial charge in [0.1, 0.15) is 0 Å². The van der Waals surface area contributed by atoms with E-state index in [-0.39, 0.29) is 11.8 Å². The summed E-state index contributed by atoms with van der Waals surface area (Å²) >= 11 is 0. The Morgan fingerprint density at radius 1 is 1.35 bits per heavy atom. The van der Waals surface area contributed by atoms with E-state index in [0.717, 1.165) is 12.1 Å². The van der Waals surface area contributed by atoms with Gasteiger partial charge in [-0.2, -0.15) is 0 Å². The van der Waals surface area contributed by atoms with E-state index in [9.17, 15) is 9.59 Å². The Kier molecular flexibility index (Phi) is 5.36. The predicted molar refractivity (Wildman–Crippen MR) is 91.2 cm³/mol. The van der Waals surface area contributed by atoms with Gasteiger partial charge in [0.05, 0.1) is 0 Å². The largest absolute Gasteiger partial charge is 0.354 e. The maximum atomic E-state index is 12.5. The van der Waals surface area contributed by atoms with Crippen LogP contribution < -0.4 is 5.32 Å². The Balaban J connectivity index is 2.08. The molecule has 0 aliphatic carbocycles. The molecule has 1 heterocycles. The molecule has 2 amide bonds. The third-order valence-corrected chi connectivity index (χ3v) is 3.51. The third kappa shape index (κ3) is 4.32. The number of aromatic nitrogens is 1. The zero-order valence-electron chi connectivity index (χ0n) is 13.5. The van der Waals surface area contributed by atoms with Gasteiger partial charge in [0.2, 0.25) is 5.91 Å². The van der Waals surface area contributed by atoms with E-state index in [1.54, 1.807) is 36.2 Å². The van der Waals surface area contributed by atoms with Crippen molar-refractivity contribution in [1.29, 1.82) is 0 Å². The lowest BCUT2D eigenvalue weighted by atomic mass is 10.1. The second kappa shape index (κ2) is 7.45. The fourth-order valence-corrected chi connectivity index (χ4v) is 2.27. The Morgan fingerprint density at radius 2 is 2.13 bits per heavy atom. The maximum absolute atomic E-state index is 12.5. The summed E-state index contributed by atoms with van der Waals surface area (Å²) in [6, 6.07) is 8.89. The minimum atomic E-state index is -0.302. The molecular formula is C18H21N3O2. The second-order valence-electron chi connectivity index (χ2n) is 5.29. The first-order valence-corrected chi connectivity index (χ1v) is 7.47. The van der Waals surface area contributed by atoms with Gasteiger partial charge in [0.25, 0.3) is 5.91 Å². The highest BCUT2D eigenvalue weighted by Crippen LogP contribution is 2.14. The van der Waals surface area contributed by atoms with Crippen LogP contribution in [-0.2, 0) is 17.9 Å². The zero-order valence-corrected chi connectivity index (χ0v) is 13.5. The number of aryl methyl sites for hydroxylation is 1. The highest BCUT2D eigenvalue weighted by atomic mass is 16.2. The van der Waals surface area contributed by atoms with Gasteiger partial charge in [0, 0.05) is 43.8 Å². The van der Waals surface area contributed by atoms with Crippen LogP contribution in [-0.4, -0.2) is 28.3 Å². The van der Waals surface area contributed by atoms with Gasteiger partial charge in [-0.15, -0.1) is 0 Å². The fourth-order valence-electron chi connectivity index (χ4n) is 2.27. The van der Waals surface area contributed by atoms with Gasteiger partial charge in [-0.25, -0.2) is 0 Å². The molecule has 0 fully saturated rings. The quantitative estimate of drug-likeness (QED) is 0.834. The Bertz CT molecular complexity index is 719. The van der Waals surface area contributed by atoms with Gasteiger partial charge in [-0.1, -0.05) is 12.6 Å². The van der Waals surface area contributed by atoms with Gasteiger partial charge in [-0.3, -0.25) is 9.59 Å². The number of nitrogens with one attached hydrogen (secondary N) is 1. The van der Waals surface area contributed by atoms with Crippen molar-refractivity contribution in [1.82, 2.24) is 9.47 Å². The van der Waals surface area contributed by atoms with E-state index in [1.807, 2.05) is 18.5 Å². The Morgan fingerprint density at radius 3 is 2.78 bits per heavy atom. The van der Waals surface area contributed by atoms with E-state index in [1.165, 1.54) is 6.08 Å². The summed E-state index contributed by atoms with van der Waals surface area (Å²) < 4.78 is 2.07. The fraction of sp³-hybridized carbons (Fsp3) is 0.222. The van der Waals surface area contributed by atoms with Crippen LogP contribution in [0.25, 0.3) is 0 Å². The number of benzene rings is 1. The molecule has 23 heavy (non-hydrogen) atoms. The number of carbonyl (C=O) groups is 2. The average molecular weight is 311 g/mol. The molecule has 120 valence electrons. The van der Waals surface area contributed by atoms with Crippen LogP contribution in [0.3, 0.4) is 0 Å². The highest BCUT2D eigenvalue weighted by Gasteiger charge is 2.13. The van der Waals surface area contributed by atoms with Gasteiger partial charge in [0.15, 0.2) is 0 Å². The number of anilines is 1. The number of carbonyl (C=O) groups excluding carboxylic acids is 2. The molecule has 0 aliphatic rings. The van der Waals surface area contributed by atoms with Crippen molar-refractivity contribution in [3.8, 4) is 0 Å². The molecular weight excluding hydrogens is 290 g/mol. The second-order valence-corrected chi connectivity index (χ2v) is 5.29. The molecule has 5 nitrogen and oxygen atoms in total. The highest BCUT2D eigenvalue weighted by molar-refractivity contribution is 6.00. The lowest BCUT2D eigenvalue weighted by Gasteiger charge is -2.17. The summed E-state index contributed by atoms with van der Waals surface area (Å²) in [7, 11) is 1.76. The number of hydrogen-bond acceptors (Lipinski definition) is 2. The summed E-state index contributed by atoms with van der Waals surface area (Å²) in [4.78, 5) is 25.5. The summed E-state index contributed by atoms with van der Waals surface area (Å²) in [5, 5.41) is 2.66. The van der Waals surface area contributed by atoms with Crippen molar-refractivity contribution >= 4 is 17.5 Å². The Labute approximate surface area is 136 Å². The maximum Gasteiger partial charge on any atom is 0.253 e. The summed E-state index contributed by atoms with van der Waals surface area (Å²) in [6.07, 6.45) is 5.22. The molecule has 1 aromatic carbocycles. The molecule has 0 aliphatic heterocycles. The van der Waals surface area contributed by atoms with Crippen molar-refractivity contribution < 1.29 is 9.59 Å². The van der Waals surface area contributed by atoms with Crippen LogP contribution >= 0.6 is 0 Å². The topological polar surface area (TPSA) is 54.3 Å². The molecule has 2 rings (SSSR count). The number of hydrogen-bond donors (Lipinski definition) is 1. The molecule has 0 atom stereocenters.